The van der Waals surface area contributed by atoms with Crippen LogP contribution >= 0.6 is 9.24 Å². The summed E-state index contributed by atoms with van der Waals surface area (Å²) in [7, 11) is 2.74. The fraction of sp³-hybridized carbons (Fsp3) is 0.714. The second-order valence-corrected chi connectivity index (χ2v) is 3.13. The average molecular weight is 130 g/mol. The number of allylic oxidation sites excluding steroid dienone is 2. The fourth-order valence-electron chi connectivity index (χ4n) is 0.478. The van der Waals surface area contributed by atoms with Crippen molar-refractivity contribution in [3.05, 3.63) is 12.2 Å². The first-order chi connectivity index (χ1) is 3.77. The number of unbranched alkanes of at least 4 members (excludes halogenated alkanes) is 1. The Labute approximate surface area is 54.6 Å². The predicted octanol–water partition coefficient (Wildman–Crippen LogP) is 2.61. The van der Waals surface area contributed by atoms with Crippen LogP contribution in [0.5, 0.6) is 0 Å². The van der Waals surface area contributed by atoms with Crippen molar-refractivity contribution < 1.29 is 0 Å². The minimum Gasteiger partial charge on any atom is -0.131 e. The Morgan fingerprint density at radius 2 is 2.25 bits per heavy atom. The van der Waals surface area contributed by atoms with Gasteiger partial charge in [-0.05, 0) is 12.1 Å². The second kappa shape index (κ2) is 5.31. The Bertz CT molecular complexity index is 64.8. The quantitative estimate of drug-likeness (QED) is 0.407. The third-order valence-electron chi connectivity index (χ3n) is 0.895. The van der Waals surface area contributed by atoms with Gasteiger partial charge in [-0.3, -0.25) is 0 Å². The zero-order chi connectivity index (χ0) is 6.41. The predicted molar refractivity (Wildman–Crippen MR) is 43.2 cm³/mol. The summed E-state index contributed by atoms with van der Waals surface area (Å²) in [5.41, 5.74) is 0.640. The smallest absolute Gasteiger partial charge is 0.0114 e. The molecule has 0 aromatic heterocycles. The zero-order valence-electron chi connectivity index (χ0n) is 5.72. The Morgan fingerprint density at radius 1 is 1.62 bits per heavy atom. The topological polar surface area (TPSA) is 0 Å². The van der Waals surface area contributed by atoms with E-state index in [-0.39, 0.29) is 0 Å². The summed E-state index contributed by atoms with van der Waals surface area (Å²) in [6.07, 6.45) is 6.93. The molecule has 0 aromatic carbocycles. The summed E-state index contributed by atoms with van der Waals surface area (Å²) in [5, 5.41) is 0. The van der Waals surface area contributed by atoms with Crippen molar-refractivity contribution in [2.45, 2.75) is 32.3 Å². The van der Waals surface area contributed by atoms with Crippen molar-refractivity contribution in [2.24, 2.45) is 0 Å². The van der Waals surface area contributed by atoms with Crippen LogP contribution in [0.1, 0.15) is 26.7 Å². The van der Waals surface area contributed by atoms with Gasteiger partial charge in [-0.1, -0.05) is 32.4 Å². The number of rotatable bonds is 3. The van der Waals surface area contributed by atoms with Gasteiger partial charge >= 0.3 is 0 Å². The molecule has 0 fully saturated rings. The maximum absolute atomic E-state index is 2.74. The van der Waals surface area contributed by atoms with E-state index in [1.807, 2.05) is 0 Å². The van der Waals surface area contributed by atoms with Crippen LogP contribution in [0.4, 0.5) is 0 Å². The maximum Gasteiger partial charge on any atom is -0.0114 e. The van der Waals surface area contributed by atoms with E-state index < -0.39 is 0 Å². The lowest BCUT2D eigenvalue weighted by molar-refractivity contribution is 0.953. The van der Waals surface area contributed by atoms with Crippen molar-refractivity contribution in [1.82, 2.24) is 0 Å². The monoisotopic (exact) mass is 130 g/mol. The van der Waals surface area contributed by atoms with E-state index in [0.717, 1.165) is 0 Å². The van der Waals surface area contributed by atoms with Crippen LogP contribution in [-0.4, -0.2) is 5.66 Å². The van der Waals surface area contributed by atoms with Crippen molar-refractivity contribution >= 4 is 9.24 Å². The van der Waals surface area contributed by atoms with Gasteiger partial charge in [-0.15, -0.1) is 9.24 Å². The van der Waals surface area contributed by atoms with Gasteiger partial charge < -0.3 is 0 Å². The van der Waals surface area contributed by atoms with Crippen LogP contribution in [0.3, 0.4) is 0 Å². The lowest BCUT2D eigenvalue weighted by Crippen LogP contribution is -1.78. The molecule has 0 rings (SSSR count). The molecule has 1 heteroatoms. The van der Waals surface area contributed by atoms with Gasteiger partial charge in [0.05, 0.1) is 0 Å². The highest BCUT2D eigenvalue weighted by Crippen LogP contribution is 2.00. The van der Waals surface area contributed by atoms with E-state index in [0.29, 0.717) is 5.66 Å². The van der Waals surface area contributed by atoms with E-state index in [1.165, 1.54) is 12.8 Å². The molecule has 0 aromatic rings. The van der Waals surface area contributed by atoms with Gasteiger partial charge in [-0.25, -0.2) is 0 Å². The van der Waals surface area contributed by atoms with Gasteiger partial charge in [0.2, 0.25) is 0 Å². The van der Waals surface area contributed by atoms with Crippen LogP contribution in [0, 0.1) is 0 Å². The lowest BCUT2D eigenvalue weighted by atomic mass is 10.3. The Kier molecular flexibility index (Phi) is 5.42. The minimum atomic E-state index is 0.640. The van der Waals surface area contributed by atoms with Crippen molar-refractivity contribution in [2.75, 3.05) is 0 Å². The molecule has 0 heterocycles. The van der Waals surface area contributed by atoms with Crippen LogP contribution in [-0.2, 0) is 0 Å². The molecule has 0 bridgehead atoms. The highest BCUT2D eigenvalue weighted by Gasteiger charge is 1.80. The molecule has 2 unspecified atom stereocenters. The first kappa shape index (κ1) is 8.17. The van der Waals surface area contributed by atoms with Crippen LogP contribution < -0.4 is 0 Å². The molecule has 0 N–H and O–H groups in total. The normalized spacial score (nSPS) is 14.9. The van der Waals surface area contributed by atoms with E-state index in [2.05, 4.69) is 35.2 Å². The van der Waals surface area contributed by atoms with Crippen LogP contribution in [0.25, 0.3) is 0 Å². The molecule has 0 saturated heterocycles. The molecule has 0 spiro atoms. The third kappa shape index (κ3) is 6.17. The molecular weight excluding hydrogens is 115 g/mol. The molecule has 0 saturated carbocycles. The second-order valence-electron chi connectivity index (χ2n) is 2.08. The van der Waals surface area contributed by atoms with Crippen LogP contribution in [0.15, 0.2) is 12.2 Å². The largest absolute Gasteiger partial charge is 0.131 e. The van der Waals surface area contributed by atoms with Gasteiger partial charge in [0.25, 0.3) is 0 Å². The molecule has 0 radical (unpaired) electrons. The Hall–Kier alpha value is 0.170. The molecular formula is C7H15P. The maximum atomic E-state index is 2.74. The van der Waals surface area contributed by atoms with Gasteiger partial charge in [0.15, 0.2) is 0 Å². The molecule has 0 amide bonds. The van der Waals surface area contributed by atoms with Gasteiger partial charge in [0, 0.05) is 0 Å². The molecule has 0 aliphatic rings. The van der Waals surface area contributed by atoms with Crippen molar-refractivity contribution in [3.8, 4) is 0 Å². The fourth-order valence-corrected chi connectivity index (χ4v) is 0.635. The number of hydrogen-bond donors (Lipinski definition) is 0. The molecule has 2 atom stereocenters. The minimum absolute atomic E-state index is 0.640. The zero-order valence-corrected chi connectivity index (χ0v) is 6.88. The lowest BCUT2D eigenvalue weighted by Gasteiger charge is -1.90. The molecule has 0 nitrogen and oxygen atoms in total. The highest BCUT2D eigenvalue weighted by atomic mass is 31.0. The summed E-state index contributed by atoms with van der Waals surface area (Å²) in [6.45, 7) is 4.36. The SMILES string of the molecule is CCC/C=C\C(C)P. The van der Waals surface area contributed by atoms with E-state index in [1.54, 1.807) is 0 Å². The summed E-state index contributed by atoms with van der Waals surface area (Å²) < 4.78 is 0. The Balaban J connectivity index is 3.07. The van der Waals surface area contributed by atoms with Gasteiger partial charge in [-0.2, -0.15) is 0 Å². The first-order valence-corrected chi connectivity index (χ1v) is 3.86. The van der Waals surface area contributed by atoms with E-state index >= 15 is 0 Å². The molecule has 0 aliphatic heterocycles. The van der Waals surface area contributed by atoms with E-state index in [4.69, 9.17) is 0 Å². The molecule has 8 heavy (non-hydrogen) atoms. The van der Waals surface area contributed by atoms with Gasteiger partial charge in [0.1, 0.15) is 0 Å². The van der Waals surface area contributed by atoms with Crippen molar-refractivity contribution in [1.29, 1.82) is 0 Å². The standard InChI is InChI=1S/C7H15P/c1-3-4-5-6-7(2)8/h5-7H,3-4,8H2,1-2H3/b6-5-. The summed E-state index contributed by atoms with van der Waals surface area (Å²) in [5.74, 6) is 0. The first-order valence-electron chi connectivity index (χ1n) is 3.19. The van der Waals surface area contributed by atoms with E-state index in [9.17, 15) is 0 Å². The number of hydrogen-bond acceptors (Lipinski definition) is 0. The summed E-state index contributed by atoms with van der Waals surface area (Å²) >= 11 is 0. The molecule has 48 valence electrons. The summed E-state index contributed by atoms with van der Waals surface area (Å²) in [4.78, 5) is 0. The van der Waals surface area contributed by atoms with Crippen LogP contribution in [0.2, 0.25) is 0 Å². The van der Waals surface area contributed by atoms with Crippen molar-refractivity contribution in [3.63, 3.8) is 0 Å². The molecule has 0 aliphatic carbocycles. The Morgan fingerprint density at radius 3 is 2.62 bits per heavy atom. The highest BCUT2D eigenvalue weighted by molar-refractivity contribution is 7.17. The average Bonchev–Trinajstić information content (AvgIpc) is 1.66. The summed E-state index contributed by atoms with van der Waals surface area (Å²) in [6, 6.07) is 0. The third-order valence-corrected chi connectivity index (χ3v) is 1.12.